The van der Waals surface area contributed by atoms with E-state index in [1.165, 1.54) is 35.6 Å². The predicted octanol–water partition coefficient (Wildman–Crippen LogP) is 1.40. The maximum absolute atomic E-state index is 13.7. The monoisotopic (exact) mass is 561 g/mol. The van der Waals surface area contributed by atoms with Crippen LogP contribution in [0.3, 0.4) is 0 Å². The molecule has 2 fully saturated rings. The molecule has 0 saturated carbocycles. The Hall–Kier alpha value is -2.62. The SMILES string of the molecule is C[N+]1(CC(=O)c2ccsc2)CC[C@@H](N2CC(c3ccc(F)cc3)(c3ccc(F)cc3)NC2=O)C1.[Br-]. The van der Waals surface area contributed by atoms with Gasteiger partial charge in [0.15, 0.2) is 0 Å². The van der Waals surface area contributed by atoms with Crippen molar-refractivity contribution in [2.75, 3.05) is 33.2 Å². The maximum atomic E-state index is 13.7. The second kappa shape index (κ2) is 9.79. The van der Waals surface area contributed by atoms with Gasteiger partial charge in [-0.2, -0.15) is 11.3 Å². The summed E-state index contributed by atoms with van der Waals surface area (Å²) in [6.45, 7) is 2.20. The molecule has 3 aromatic rings. The number of thiophene rings is 1. The summed E-state index contributed by atoms with van der Waals surface area (Å²) in [6.07, 6.45) is 0.782. The second-order valence-corrected chi connectivity index (χ2v) is 10.3. The van der Waals surface area contributed by atoms with Gasteiger partial charge in [0.1, 0.15) is 23.7 Å². The van der Waals surface area contributed by atoms with Crippen LogP contribution in [0.5, 0.6) is 0 Å². The molecule has 2 aromatic carbocycles. The Morgan fingerprint density at radius 1 is 1.09 bits per heavy atom. The van der Waals surface area contributed by atoms with Crippen LogP contribution in [0.4, 0.5) is 13.6 Å². The number of carbonyl (C=O) groups is 2. The van der Waals surface area contributed by atoms with E-state index in [-0.39, 0.29) is 46.5 Å². The van der Waals surface area contributed by atoms with E-state index in [9.17, 15) is 18.4 Å². The first-order chi connectivity index (χ1) is 16.3. The van der Waals surface area contributed by atoms with Gasteiger partial charge in [0, 0.05) is 17.4 Å². The number of hydrogen-bond donors (Lipinski definition) is 1. The lowest BCUT2D eigenvalue weighted by Crippen LogP contribution is -3.00. The summed E-state index contributed by atoms with van der Waals surface area (Å²) in [5, 5.41) is 6.90. The van der Waals surface area contributed by atoms with Crippen molar-refractivity contribution in [3.05, 3.63) is 93.7 Å². The standard InChI is InChI=1S/C26H25F2N3O2S.BrH/c1-31(15-24(32)18-11-13-34-16-18)12-10-23(14-31)30-17-26(29-25(30)33,19-2-6-21(27)7-3-19)20-4-8-22(28)9-5-20;/h2-9,11,13,16,23H,10,12,14-15,17H2,1H3;1H/t23-,31?;/m1./s1. The molecule has 2 aliphatic heterocycles. The van der Waals surface area contributed by atoms with Crippen LogP contribution in [0.25, 0.3) is 0 Å². The minimum absolute atomic E-state index is 0. The van der Waals surface area contributed by atoms with Crippen LogP contribution in [-0.4, -0.2) is 60.5 Å². The van der Waals surface area contributed by atoms with Gasteiger partial charge in [0.05, 0.1) is 32.7 Å². The van der Waals surface area contributed by atoms with Gasteiger partial charge in [-0.15, -0.1) is 0 Å². The molecule has 2 saturated heterocycles. The molecule has 5 rings (SSSR count). The summed E-state index contributed by atoms with van der Waals surface area (Å²) in [5.41, 5.74) is 1.29. The fourth-order valence-electron chi connectivity index (χ4n) is 5.29. The molecule has 5 nitrogen and oxygen atoms in total. The summed E-state index contributed by atoms with van der Waals surface area (Å²) >= 11 is 1.51. The molecule has 1 unspecified atom stereocenters. The molecule has 2 aliphatic rings. The quantitative estimate of drug-likeness (QED) is 0.365. The third-order valence-corrected chi connectivity index (χ3v) is 7.81. The number of urea groups is 1. The lowest BCUT2D eigenvalue weighted by atomic mass is 9.83. The number of likely N-dealkylation sites (tertiary alicyclic amines) is 1. The minimum Gasteiger partial charge on any atom is -1.00 e. The van der Waals surface area contributed by atoms with Gasteiger partial charge in [-0.1, -0.05) is 24.3 Å². The zero-order valence-electron chi connectivity index (χ0n) is 19.2. The molecule has 9 heteroatoms. The molecule has 0 spiro atoms. The smallest absolute Gasteiger partial charge is 0.319 e. The molecule has 0 bridgehead atoms. The van der Waals surface area contributed by atoms with Crippen molar-refractivity contribution < 1.29 is 39.8 Å². The first kappa shape index (κ1) is 25.5. The van der Waals surface area contributed by atoms with Crippen molar-refractivity contribution in [3.8, 4) is 0 Å². The number of quaternary nitrogens is 1. The van der Waals surface area contributed by atoms with Gasteiger partial charge < -0.3 is 31.7 Å². The summed E-state index contributed by atoms with van der Waals surface area (Å²) < 4.78 is 27.9. The van der Waals surface area contributed by atoms with E-state index < -0.39 is 5.54 Å². The Morgan fingerprint density at radius 2 is 1.69 bits per heavy atom. The minimum atomic E-state index is -0.920. The Balaban J connectivity index is 0.00000289. The fraction of sp³-hybridized carbons (Fsp3) is 0.308. The van der Waals surface area contributed by atoms with Gasteiger partial charge in [-0.3, -0.25) is 4.79 Å². The highest BCUT2D eigenvalue weighted by Crippen LogP contribution is 2.37. The van der Waals surface area contributed by atoms with Crippen molar-refractivity contribution >= 4 is 23.2 Å². The molecule has 184 valence electrons. The van der Waals surface area contributed by atoms with E-state index in [4.69, 9.17) is 0 Å². The zero-order valence-corrected chi connectivity index (χ0v) is 21.6. The zero-order chi connectivity index (χ0) is 23.9. The summed E-state index contributed by atoms with van der Waals surface area (Å²) in [4.78, 5) is 27.8. The van der Waals surface area contributed by atoms with Crippen molar-refractivity contribution in [2.45, 2.75) is 18.0 Å². The predicted molar refractivity (Wildman–Crippen MR) is 127 cm³/mol. The third kappa shape index (κ3) is 4.90. The average molecular weight is 562 g/mol. The highest BCUT2D eigenvalue weighted by atomic mass is 79.9. The average Bonchev–Trinajstić information content (AvgIpc) is 3.54. The molecule has 1 N–H and O–H groups in total. The molecule has 0 aliphatic carbocycles. The van der Waals surface area contributed by atoms with E-state index in [0.29, 0.717) is 24.1 Å². The molecule has 2 amide bonds. The Bertz CT molecular complexity index is 1160. The van der Waals surface area contributed by atoms with Crippen LogP contribution in [0.1, 0.15) is 27.9 Å². The lowest BCUT2D eigenvalue weighted by molar-refractivity contribution is -0.890. The molecule has 35 heavy (non-hydrogen) atoms. The lowest BCUT2D eigenvalue weighted by Gasteiger charge is -2.32. The molecule has 1 aromatic heterocycles. The summed E-state index contributed by atoms with van der Waals surface area (Å²) in [7, 11) is 2.06. The molecule has 3 heterocycles. The van der Waals surface area contributed by atoms with Crippen LogP contribution in [0.2, 0.25) is 0 Å². The van der Waals surface area contributed by atoms with Crippen molar-refractivity contribution in [2.24, 2.45) is 0 Å². The number of carbonyl (C=O) groups excluding carboxylic acids is 2. The van der Waals surface area contributed by atoms with E-state index in [2.05, 4.69) is 12.4 Å². The summed E-state index contributed by atoms with van der Waals surface area (Å²) in [6, 6.07) is 13.7. The highest BCUT2D eigenvalue weighted by Gasteiger charge is 2.50. The highest BCUT2D eigenvalue weighted by molar-refractivity contribution is 7.08. The molecule has 0 radical (unpaired) electrons. The third-order valence-electron chi connectivity index (χ3n) is 7.13. The van der Waals surface area contributed by atoms with Gasteiger partial charge in [-0.05, 0) is 46.8 Å². The molecule has 2 atom stereocenters. The Morgan fingerprint density at radius 3 is 2.23 bits per heavy atom. The number of halogens is 3. The number of likely N-dealkylation sites (N-methyl/N-ethyl adjacent to an activating group) is 1. The summed E-state index contributed by atoms with van der Waals surface area (Å²) in [5.74, 6) is -0.612. The number of Topliss-reactive ketones (excluding diaryl/α,β-unsaturated/α-hetero) is 1. The number of nitrogens with zero attached hydrogens (tertiary/aromatic N) is 2. The number of nitrogens with one attached hydrogen (secondary N) is 1. The van der Waals surface area contributed by atoms with Gasteiger partial charge in [0.2, 0.25) is 5.78 Å². The van der Waals surface area contributed by atoms with Crippen molar-refractivity contribution in [3.63, 3.8) is 0 Å². The van der Waals surface area contributed by atoms with Crippen LogP contribution in [-0.2, 0) is 5.54 Å². The van der Waals surface area contributed by atoms with E-state index in [1.54, 1.807) is 24.3 Å². The van der Waals surface area contributed by atoms with Gasteiger partial charge in [-0.25, -0.2) is 13.6 Å². The molecular weight excluding hydrogens is 536 g/mol. The number of rotatable bonds is 6. The van der Waals surface area contributed by atoms with Gasteiger partial charge >= 0.3 is 6.03 Å². The molecular formula is C26H26BrF2N3O2S. The van der Waals surface area contributed by atoms with Crippen LogP contribution in [0, 0.1) is 11.6 Å². The Kier molecular flexibility index (Phi) is 7.13. The first-order valence-electron chi connectivity index (χ1n) is 11.3. The van der Waals surface area contributed by atoms with Crippen molar-refractivity contribution in [1.82, 2.24) is 10.2 Å². The van der Waals surface area contributed by atoms with E-state index >= 15 is 0 Å². The van der Waals surface area contributed by atoms with Crippen molar-refractivity contribution in [1.29, 1.82) is 0 Å². The topological polar surface area (TPSA) is 49.4 Å². The first-order valence-corrected chi connectivity index (χ1v) is 12.2. The largest absolute Gasteiger partial charge is 1.00 e. The second-order valence-electron chi connectivity index (χ2n) is 9.54. The van der Waals surface area contributed by atoms with Crippen LogP contribution < -0.4 is 22.3 Å². The maximum Gasteiger partial charge on any atom is 0.319 e. The Labute approximate surface area is 217 Å². The number of amides is 2. The number of hydrogen-bond acceptors (Lipinski definition) is 3. The fourth-order valence-corrected chi connectivity index (χ4v) is 5.95. The van der Waals surface area contributed by atoms with E-state index in [1.807, 2.05) is 21.7 Å². The van der Waals surface area contributed by atoms with Crippen LogP contribution in [0.15, 0.2) is 65.4 Å². The normalized spacial score (nSPS) is 23.1. The number of ketones is 1. The van der Waals surface area contributed by atoms with Gasteiger partial charge in [0.25, 0.3) is 0 Å². The van der Waals surface area contributed by atoms with E-state index in [0.717, 1.165) is 29.7 Å². The van der Waals surface area contributed by atoms with Crippen LogP contribution >= 0.6 is 11.3 Å². The number of benzene rings is 2.